The van der Waals surface area contributed by atoms with Gasteiger partial charge in [0.15, 0.2) is 0 Å². The maximum Gasteiger partial charge on any atom is 0.293 e. The minimum atomic E-state index is -0.325. The molecule has 0 bridgehead atoms. The number of nitrogens with zero attached hydrogens (tertiary/aromatic N) is 1. The first kappa shape index (κ1) is 21.8. The molecule has 6 nitrogen and oxygen atoms in total. The number of carbonyl (C=O) groups is 2. The fraction of sp³-hybridized carbons (Fsp3) is 0.304. The molecule has 158 valence electrons. The Morgan fingerprint density at radius 3 is 2.47 bits per heavy atom. The molecule has 7 heteroatoms. The Labute approximate surface area is 180 Å². The number of hydrogen-bond acceptors (Lipinski definition) is 6. The lowest BCUT2D eigenvalue weighted by Gasteiger charge is -2.13. The predicted molar refractivity (Wildman–Crippen MR) is 118 cm³/mol. The number of aryl methyl sites for hydroxylation is 1. The summed E-state index contributed by atoms with van der Waals surface area (Å²) in [6.45, 7) is 7.24. The van der Waals surface area contributed by atoms with Crippen LogP contribution in [-0.2, 0) is 4.79 Å². The summed E-state index contributed by atoms with van der Waals surface area (Å²) in [6.07, 6.45) is 1.69. The van der Waals surface area contributed by atoms with Crippen LogP contribution in [0, 0.1) is 6.92 Å². The summed E-state index contributed by atoms with van der Waals surface area (Å²) in [5, 5.41) is -0.303. The van der Waals surface area contributed by atoms with Crippen molar-refractivity contribution in [2.45, 2.75) is 20.8 Å². The van der Waals surface area contributed by atoms with Gasteiger partial charge in [-0.25, -0.2) is 0 Å². The molecule has 0 aliphatic carbocycles. The van der Waals surface area contributed by atoms with Crippen molar-refractivity contribution >= 4 is 29.0 Å². The first-order valence-electron chi connectivity index (χ1n) is 9.86. The number of ether oxygens (including phenoxy) is 3. The van der Waals surface area contributed by atoms with E-state index in [1.807, 2.05) is 57.2 Å². The van der Waals surface area contributed by atoms with Crippen LogP contribution in [0.3, 0.4) is 0 Å². The van der Waals surface area contributed by atoms with Gasteiger partial charge in [0.25, 0.3) is 11.1 Å². The van der Waals surface area contributed by atoms with Crippen LogP contribution in [0.4, 0.5) is 4.79 Å². The lowest BCUT2D eigenvalue weighted by Crippen LogP contribution is -2.32. The molecule has 0 spiro atoms. The van der Waals surface area contributed by atoms with Gasteiger partial charge in [0.2, 0.25) is 0 Å². The normalized spacial score (nSPS) is 15.0. The molecule has 1 saturated heterocycles. The number of hydrogen-bond donors (Lipinski definition) is 0. The average molecular weight is 428 g/mol. The highest BCUT2D eigenvalue weighted by Crippen LogP contribution is 2.35. The van der Waals surface area contributed by atoms with Gasteiger partial charge in [0, 0.05) is 11.6 Å². The zero-order valence-electron chi connectivity index (χ0n) is 17.3. The third-order valence-corrected chi connectivity index (χ3v) is 5.24. The summed E-state index contributed by atoms with van der Waals surface area (Å²) < 4.78 is 16.9. The molecular formula is C23H25NO5S. The second-order valence-corrected chi connectivity index (χ2v) is 7.56. The number of benzene rings is 2. The zero-order valence-corrected chi connectivity index (χ0v) is 18.2. The van der Waals surface area contributed by atoms with Crippen LogP contribution >= 0.6 is 11.8 Å². The van der Waals surface area contributed by atoms with Gasteiger partial charge < -0.3 is 14.2 Å². The molecular weight excluding hydrogens is 402 g/mol. The second kappa shape index (κ2) is 10.2. The quantitative estimate of drug-likeness (QED) is 0.530. The molecule has 0 saturated carbocycles. The highest BCUT2D eigenvalue weighted by Gasteiger charge is 2.35. The fourth-order valence-electron chi connectivity index (χ4n) is 2.96. The van der Waals surface area contributed by atoms with E-state index in [-0.39, 0.29) is 24.3 Å². The number of imide groups is 1. The molecule has 0 aromatic heterocycles. The molecule has 0 radical (unpaired) electrons. The van der Waals surface area contributed by atoms with Crippen LogP contribution in [0.2, 0.25) is 0 Å². The van der Waals surface area contributed by atoms with Crippen molar-refractivity contribution in [3.63, 3.8) is 0 Å². The Kier molecular flexibility index (Phi) is 7.41. The maximum atomic E-state index is 12.8. The molecule has 2 amide bonds. The third-order valence-electron chi connectivity index (χ3n) is 4.33. The van der Waals surface area contributed by atoms with Crippen molar-refractivity contribution in [2.75, 3.05) is 26.4 Å². The average Bonchev–Trinajstić information content (AvgIpc) is 2.98. The number of thioether (sulfide) groups is 1. The lowest BCUT2D eigenvalue weighted by molar-refractivity contribution is -0.123. The van der Waals surface area contributed by atoms with E-state index in [4.69, 9.17) is 14.2 Å². The van der Waals surface area contributed by atoms with Crippen LogP contribution in [-0.4, -0.2) is 42.4 Å². The van der Waals surface area contributed by atoms with Gasteiger partial charge in [0.05, 0.1) is 24.7 Å². The molecule has 3 rings (SSSR count). The van der Waals surface area contributed by atoms with Crippen LogP contribution in [0.5, 0.6) is 17.2 Å². The topological polar surface area (TPSA) is 65.1 Å². The largest absolute Gasteiger partial charge is 0.494 e. The first-order valence-corrected chi connectivity index (χ1v) is 10.7. The van der Waals surface area contributed by atoms with Gasteiger partial charge in [-0.3, -0.25) is 14.5 Å². The minimum absolute atomic E-state index is 0.192. The van der Waals surface area contributed by atoms with Gasteiger partial charge in [-0.05, 0) is 68.4 Å². The predicted octanol–water partition coefficient (Wildman–Crippen LogP) is 4.91. The monoisotopic (exact) mass is 427 g/mol. The summed E-state index contributed by atoms with van der Waals surface area (Å²) in [5.41, 5.74) is 1.81. The maximum absolute atomic E-state index is 12.8. The SMILES string of the molecule is CCOc1ccc(/C=C2\SC(=O)N(CCOc3cccc(C)c3)C2=O)c(OCC)c1. The number of amides is 2. The van der Waals surface area contributed by atoms with Crippen molar-refractivity contribution in [3.8, 4) is 17.2 Å². The standard InChI is InChI=1S/C23H25NO5S/c1-4-27-19-10-9-17(20(15-19)28-5-2)14-21-22(25)24(23(26)30-21)11-12-29-18-8-6-7-16(3)13-18/h6-10,13-15H,4-5,11-12H2,1-3H3/b21-14-. The number of carbonyl (C=O) groups excluding carboxylic acids is 2. The second-order valence-electron chi connectivity index (χ2n) is 6.56. The molecule has 0 unspecified atom stereocenters. The molecule has 30 heavy (non-hydrogen) atoms. The number of rotatable bonds is 9. The van der Waals surface area contributed by atoms with E-state index in [0.717, 1.165) is 22.9 Å². The van der Waals surface area contributed by atoms with Crippen molar-refractivity contribution in [2.24, 2.45) is 0 Å². The third kappa shape index (κ3) is 5.36. The van der Waals surface area contributed by atoms with E-state index >= 15 is 0 Å². The van der Waals surface area contributed by atoms with Gasteiger partial charge in [0.1, 0.15) is 23.9 Å². The summed E-state index contributed by atoms with van der Waals surface area (Å²) in [4.78, 5) is 26.7. The van der Waals surface area contributed by atoms with Gasteiger partial charge in [-0.1, -0.05) is 12.1 Å². The Balaban J connectivity index is 1.69. The Hall–Kier alpha value is -2.93. The molecule has 1 fully saturated rings. The van der Waals surface area contributed by atoms with Crippen LogP contribution in [0.15, 0.2) is 47.4 Å². The molecule has 0 atom stereocenters. The Bertz CT molecular complexity index is 956. The highest BCUT2D eigenvalue weighted by atomic mass is 32.2. The van der Waals surface area contributed by atoms with Crippen molar-refractivity contribution in [1.82, 2.24) is 4.90 Å². The van der Waals surface area contributed by atoms with E-state index in [0.29, 0.717) is 35.4 Å². The lowest BCUT2D eigenvalue weighted by atomic mass is 10.1. The first-order chi connectivity index (χ1) is 14.5. The van der Waals surface area contributed by atoms with Crippen molar-refractivity contribution < 1.29 is 23.8 Å². The van der Waals surface area contributed by atoms with E-state index < -0.39 is 0 Å². The van der Waals surface area contributed by atoms with E-state index in [2.05, 4.69) is 0 Å². The van der Waals surface area contributed by atoms with E-state index in [1.165, 1.54) is 4.90 Å². The molecule has 2 aromatic carbocycles. The smallest absolute Gasteiger partial charge is 0.293 e. The molecule has 0 N–H and O–H groups in total. The Morgan fingerprint density at radius 1 is 0.967 bits per heavy atom. The minimum Gasteiger partial charge on any atom is -0.494 e. The van der Waals surface area contributed by atoms with E-state index in [1.54, 1.807) is 12.1 Å². The van der Waals surface area contributed by atoms with Gasteiger partial charge in [-0.15, -0.1) is 0 Å². The summed E-state index contributed by atoms with van der Waals surface area (Å²) in [5.74, 6) is 1.69. The van der Waals surface area contributed by atoms with Crippen molar-refractivity contribution in [1.29, 1.82) is 0 Å². The summed E-state index contributed by atoms with van der Waals surface area (Å²) >= 11 is 0.923. The highest BCUT2D eigenvalue weighted by molar-refractivity contribution is 8.18. The van der Waals surface area contributed by atoms with Crippen LogP contribution < -0.4 is 14.2 Å². The Morgan fingerprint density at radius 2 is 1.73 bits per heavy atom. The van der Waals surface area contributed by atoms with Crippen molar-refractivity contribution in [3.05, 3.63) is 58.5 Å². The van der Waals surface area contributed by atoms with Gasteiger partial charge >= 0.3 is 0 Å². The summed E-state index contributed by atoms with van der Waals surface area (Å²) in [7, 11) is 0. The van der Waals surface area contributed by atoms with Crippen LogP contribution in [0.25, 0.3) is 6.08 Å². The molecule has 1 aliphatic heterocycles. The van der Waals surface area contributed by atoms with Crippen LogP contribution in [0.1, 0.15) is 25.0 Å². The summed E-state index contributed by atoms with van der Waals surface area (Å²) in [6, 6.07) is 13.1. The molecule has 2 aromatic rings. The molecule has 1 heterocycles. The van der Waals surface area contributed by atoms with Gasteiger partial charge in [-0.2, -0.15) is 0 Å². The molecule has 1 aliphatic rings. The van der Waals surface area contributed by atoms with E-state index in [9.17, 15) is 9.59 Å². The zero-order chi connectivity index (χ0) is 21.5. The fourth-order valence-corrected chi connectivity index (χ4v) is 3.82.